The van der Waals surface area contributed by atoms with E-state index >= 15 is 0 Å². The third-order valence-electron chi connectivity index (χ3n) is 1.91. The van der Waals surface area contributed by atoms with Crippen LogP contribution in [0.3, 0.4) is 0 Å². The van der Waals surface area contributed by atoms with Crippen LogP contribution < -0.4 is 5.73 Å². The first-order chi connectivity index (χ1) is 5.66. The zero-order chi connectivity index (χ0) is 9.40. The minimum atomic E-state index is 0.382. The van der Waals surface area contributed by atoms with E-state index in [9.17, 15) is 0 Å². The molecule has 0 fully saturated rings. The molecule has 74 valence electrons. The predicted octanol–water partition coefficient (Wildman–Crippen LogP) is 2.18. The van der Waals surface area contributed by atoms with Gasteiger partial charge in [0.2, 0.25) is 0 Å². The number of nitrogens with two attached hydrogens (primary N) is 1. The molecule has 0 saturated carbocycles. The Morgan fingerprint density at radius 2 is 1.83 bits per heavy atom. The van der Waals surface area contributed by atoms with Crippen molar-refractivity contribution in [3.8, 4) is 0 Å². The van der Waals surface area contributed by atoms with Crippen molar-refractivity contribution < 1.29 is 4.74 Å². The Morgan fingerprint density at radius 3 is 2.33 bits per heavy atom. The van der Waals surface area contributed by atoms with Crippen molar-refractivity contribution in [2.24, 2.45) is 11.7 Å². The standard InChI is InChI=1S/C10H23NO/c1-9(2)6-8-12-10(3)5-4-7-11/h9-10H,4-8,11H2,1-3H3. The highest BCUT2D eigenvalue weighted by Gasteiger charge is 2.01. The summed E-state index contributed by atoms with van der Waals surface area (Å²) >= 11 is 0. The normalized spacial score (nSPS) is 13.8. The first-order valence-electron chi connectivity index (χ1n) is 4.98. The number of hydrogen-bond acceptors (Lipinski definition) is 2. The molecule has 0 spiro atoms. The molecule has 0 aliphatic rings. The molecule has 0 radical (unpaired) electrons. The van der Waals surface area contributed by atoms with Crippen molar-refractivity contribution in [2.45, 2.75) is 46.1 Å². The Balaban J connectivity index is 3.13. The summed E-state index contributed by atoms with van der Waals surface area (Å²) in [6.07, 6.45) is 3.71. The molecule has 2 N–H and O–H groups in total. The van der Waals surface area contributed by atoms with E-state index in [1.165, 1.54) is 0 Å². The lowest BCUT2D eigenvalue weighted by Crippen LogP contribution is -2.12. The van der Waals surface area contributed by atoms with Crippen LogP contribution in [0.1, 0.15) is 40.0 Å². The van der Waals surface area contributed by atoms with Crippen LogP contribution in [0, 0.1) is 5.92 Å². The Hall–Kier alpha value is -0.0800. The van der Waals surface area contributed by atoms with Gasteiger partial charge in [-0.1, -0.05) is 13.8 Å². The molecule has 12 heavy (non-hydrogen) atoms. The maximum absolute atomic E-state index is 5.60. The average Bonchev–Trinajstić information content (AvgIpc) is 2.00. The fourth-order valence-corrected chi connectivity index (χ4v) is 0.994. The molecule has 0 amide bonds. The summed E-state index contributed by atoms with van der Waals surface area (Å²) in [5.41, 5.74) is 5.40. The summed E-state index contributed by atoms with van der Waals surface area (Å²) in [5.74, 6) is 0.742. The van der Waals surface area contributed by atoms with Gasteiger partial charge >= 0.3 is 0 Å². The van der Waals surface area contributed by atoms with E-state index in [0.29, 0.717) is 6.10 Å². The molecule has 0 rings (SSSR count). The fourth-order valence-electron chi connectivity index (χ4n) is 0.994. The van der Waals surface area contributed by atoms with Crippen LogP contribution in [-0.2, 0) is 4.74 Å². The van der Waals surface area contributed by atoms with Crippen molar-refractivity contribution in [2.75, 3.05) is 13.2 Å². The molecule has 0 heterocycles. The molecule has 0 aromatic heterocycles. The van der Waals surface area contributed by atoms with Crippen LogP contribution in [0.2, 0.25) is 0 Å². The molecule has 2 nitrogen and oxygen atoms in total. The molecule has 0 aliphatic heterocycles. The lowest BCUT2D eigenvalue weighted by molar-refractivity contribution is 0.0525. The quantitative estimate of drug-likeness (QED) is 0.640. The molecular weight excluding hydrogens is 150 g/mol. The van der Waals surface area contributed by atoms with Crippen molar-refractivity contribution >= 4 is 0 Å². The largest absolute Gasteiger partial charge is 0.378 e. The summed E-state index contributed by atoms with van der Waals surface area (Å²) in [6, 6.07) is 0. The van der Waals surface area contributed by atoms with E-state index < -0.39 is 0 Å². The Bertz CT molecular complexity index is 93.8. The van der Waals surface area contributed by atoms with E-state index in [0.717, 1.165) is 38.3 Å². The fraction of sp³-hybridized carbons (Fsp3) is 1.00. The van der Waals surface area contributed by atoms with Gasteiger partial charge in [0.1, 0.15) is 0 Å². The van der Waals surface area contributed by atoms with Crippen molar-refractivity contribution in [3.63, 3.8) is 0 Å². The van der Waals surface area contributed by atoms with E-state index in [4.69, 9.17) is 10.5 Å². The summed E-state index contributed by atoms with van der Waals surface area (Å²) in [4.78, 5) is 0. The molecule has 1 atom stereocenters. The van der Waals surface area contributed by atoms with E-state index in [-0.39, 0.29) is 0 Å². The third kappa shape index (κ3) is 8.02. The Morgan fingerprint density at radius 1 is 1.17 bits per heavy atom. The smallest absolute Gasteiger partial charge is 0.0547 e. The molecule has 1 unspecified atom stereocenters. The Kier molecular flexibility index (Phi) is 7.51. The van der Waals surface area contributed by atoms with Gasteiger partial charge in [-0.2, -0.15) is 0 Å². The molecule has 0 aliphatic carbocycles. The van der Waals surface area contributed by atoms with Crippen LogP contribution in [0.25, 0.3) is 0 Å². The molecular formula is C10H23NO. The second-order valence-corrected chi connectivity index (χ2v) is 3.79. The van der Waals surface area contributed by atoms with Gasteiger partial charge in [0.25, 0.3) is 0 Å². The second-order valence-electron chi connectivity index (χ2n) is 3.79. The molecule has 0 bridgehead atoms. The number of hydrogen-bond donors (Lipinski definition) is 1. The topological polar surface area (TPSA) is 35.2 Å². The van der Waals surface area contributed by atoms with Gasteiger partial charge in [-0.15, -0.1) is 0 Å². The van der Waals surface area contributed by atoms with Crippen LogP contribution in [0.5, 0.6) is 0 Å². The van der Waals surface area contributed by atoms with Crippen molar-refractivity contribution in [3.05, 3.63) is 0 Å². The molecule has 0 saturated heterocycles. The van der Waals surface area contributed by atoms with Gasteiger partial charge in [0.15, 0.2) is 0 Å². The maximum atomic E-state index is 5.60. The van der Waals surface area contributed by atoms with Crippen LogP contribution >= 0.6 is 0 Å². The van der Waals surface area contributed by atoms with Crippen LogP contribution in [-0.4, -0.2) is 19.3 Å². The highest BCUT2D eigenvalue weighted by Crippen LogP contribution is 2.04. The SMILES string of the molecule is CC(C)CCOC(C)CCCN. The van der Waals surface area contributed by atoms with Gasteiger partial charge in [0.05, 0.1) is 6.10 Å². The van der Waals surface area contributed by atoms with Gasteiger partial charge < -0.3 is 10.5 Å². The minimum Gasteiger partial charge on any atom is -0.378 e. The first-order valence-corrected chi connectivity index (χ1v) is 4.98. The lowest BCUT2D eigenvalue weighted by atomic mass is 10.1. The summed E-state index contributed by atoms with van der Waals surface area (Å²) in [5, 5.41) is 0. The van der Waals surface area contributed by atoms with Crippen LogP contribution in [0.4, 0.5) is 0 Å². The lowest BCUT2D eigenvalue weighted by Gasteiger charge is -2.13. The zero-order valence-corrected chi connectivity index (χ0v) is 8.68. The number of rotatable bonds is 7. The van der Waals surface area contributed by atoms with Crippen molar-refractivity contribution in [1.82, 2.24) is 0 Å². The van der Waals surface area contributed by atoms with Gasteiger partial charge in [0, 0.05) is 6.61 Å². The van der Waals surface area contributed by atoms with Gasteiger partial charge in [-0.3, -0.25) is 0 Å². The monoisotopic (exact) mass is 173 g/mol. The minimum absolute atomic E-state index is 0.382. The van der Waals surface area contributed by atoms with Gasteiger partial charge in [-0.05, 0) is 38.6 Å². The second kappa shape index (κ2) is 7.56. The summed E-state index contributed by atoms with van der Waals surface area (Å²) in [6.45, 7) is 8.22. The third-order valence-corrected chi connectivity index (χ3v) is 1.91. The predicted molar refractivity (Wildman–Crippen MR) is 53.2 cm³/mol. The highest BCUT2D eigenvalue weighted by atomic mass is 16.5. The Labute approximate surface area is 76.5 Å². The first kappa shape index (κ1) is 11.9. The van der Waals surface area contributed by atoms with E-state index in [1.54, 1.807) is 0 Å². The van der Waals surface area contributed by atoms with Crippen LogP contribution in [0.15, 0.2) is 0 Å². The molecule has 2 heteroatoms. The molecule has 0 aromatic rings. The van der Waals surface area contributed by atoms with E-state index in [2.05, 4.69) is 20.8 Å². The number of ether oxygens (including phenoxy) is 1. The zero-order valence-electron chi connectivity index (χ0n) is 8.68. The van der Waals surface area contributed by atoms with E-state index in [1.807, 2.05) is 0 Å². The summed E-state index contributed by atoms with van der Waals surface area (Å²) in [7, 11) is 0. The average molecular weight is 173 g/mol. The molecule has 0 aromatic carbocycles. The maximum Gasteiger partial charge on any atom is 0.0547 e. The van der Waals surface area contributed by atoms with Crippen molar-refractivity contribution in [1.29, 1.82) is 0 Å². The van der Waals surface area contributed by atoms with Gasteiger partial charge in [-0.25, -0.2) is 0 Å². The highest BCUT2D eigenvalue weighted by molar-refractivity contribution is 4.52. The summed E-state index contributed by atoms with van der Waals surface area (Å²) < 4.78 is 5.60.